The normalized spacial score (nSPS) is 12.9. The Morgan fingerprint density at radius 1 is 1.03 bits per heavy atom. The molecule has 1 heterocycles. The van der Waals surface area contributed by atoms with Crippen molar-refractivity contribution in [1.29, 1.82) is 0 Å². The molecule has 8 heteroatoms. The number of carbonyl (C=O) groups excluding carboxylic acids is 3. The number of rotatable bonds is 6. The highest BCUT2D eigenvalue weighted by molar-refractivity contribution is 6.30. The number of ether oxygens (including phenoxy) is 1. The average Bonchev–Trinajstić information content (AvgIpc) is 2.96. The summed E-state index contributed by atoms with van der Waals surface area (Å²) in [6, 6.07) is 20.7. The maximum atomic E-state index is 13.2. The number of nitrogens with zero attached hydrogens (tertiary/aromatic N) is 2. The summed E-state index contributed by atoms with van der Waals surface area (Å²) in [5.41, 5.74) is 3.45. The number of anilines is 2. The van der Waals surface area contributed by atoms with Crippen LogP contribution in [-0.2, 0) is 14.3 Å². The van der Waals surface area contributed by atoms with Crippen molar-refractivity contribution in [2.75, 3.05) is 23.4 Å². The van der Waals surface area contributed by atoms with Gasteiger partial charge in [0.1, 0.15) is 6.54 Å². The van der Waals surface area contributed by atoms with E-state index in [1.54, 1.807) is 55.5 Å². The van der Waals surface area contributed by atoms with Gasteiger partial charge in [-0.2, -0.15) is 0 Å². The number of aliphatic imine (C=N–C) groups is 1. The highest BCUT2D eigenvalue weighted by atomic mass is 35.5. The minimum atomic E-state index is -0.427. The summed E-state index contributed by atoms with van der Waals surface area (Å²) in [5, 5.41) is 3.37. The van der Waals surface area contributed by atoms with Gasteiger partial charge in [-0.05, 0) is 61.0 Å². The van der Waals surface area contributed by atoms with Crippen LogP contribution in [-0.4, -0.2) is 36.6 Å². The molecule has 0 aliphatic carbocycles. The fraction of sp³-hybridized carbons (Fsp3) is 0.154. The Labute approximate surface area is 202 Å². The second-order valence-corrected chi connectivity index (χ2v) is 7.99. The van der Waals surface area contributed by atoms with Crippen LogP contribution in [0.4, 0.5) is 17.1 Å². The third-order valence-electron chi connectivity index (χ3n) is 5.21. The van der Waals surface area contributed by atoms with Crippen molar-refractivity contribution in [3.63, 3.8) is 0 Å². The van der Waals surface area contributed by atoms with E-state index in [2.05, 4.69) is 5.32 Å². The quantitative estimate of drug-likeness (QED) is 0.507. The van der Waals surface area contributed by atoms with E-state index < -0.39 is 5.97 Å². The molecule has 3 aromatic carbocycles. The van der Waals surface area contributed by atoms with Gasteiger partial charge in [0.15, 0.2) is 0 Å². The number of esters is 1. The maximum absolute atomic E-state index is 13.2. The summed E-state index contributed by atoms with van der Waals surface area (Å²) in [6.07, 6.45) is 0.0395. The first-order valence-electron chi connectivity index (χ1n) is 10.7. The molecule has 4 rings (SSSR count). The van der Waals surface area contributed by atoms with E-state index in [1.807, 2.05) is 24.3 Å². The van der Waals surface area contributed by atoms with Gasteiger partial charge in [0.25, 0.3) is 0 Å². The molecule has 0 saturated heterocycles. The van der Waals surface area contributed by atoms with Gasteiger partial charge >= 0.3 is 5.97 Å². The fourth-order valence-corrected chi connectivity index (χ4v) is 3.70. The van der Waals surface area contributed by atoms with E-state index in [4.69, 9.17) is 21.3 Å². The van der Waals surface area contributed by atoms with Crippen molar-refractivity contribution in [3.05, 3.63) is 88.9 Å². The van der Waals surface area contributed by atoms with Gasteiger partial charge in [0.05, 0.1) is 35.7 Å². The lowest BCUT2D eigenvalue weighted by Crippen LogP contribution is -2.38. The number of fused-ring (bicyclic) bond motifs is 1. The Kier molecular flexibility index (Phi) is 7.04. The zero-order valence-corrected chi connectivity index (χ0v) is 19.2. The third kappa shape index (κ3) is 5.32. The lowest BCUT2D eigenvalue weighted by molar-refractivity contribution is -0.120. The smallest absolute Gasteiger partial charge is 0.338 e. The van der Waals surface area contributed by atoms with E-state index in [0.717, 1.165) is 5.56 Å². The molecule has 0 aromatic heterocycles. The summed E-state index contributed by atoms with van der Waals surface area (Å²) < 4.78 is 4.96. The van der Waals surface area contributed by atoms with Gasteiger partial charge < -0.3 is 15.0 Å². The molecule has 7 nitrogen and oxygen atoms in total. The van der Waals surface area contributed by atoms with E-state index in [1.165, 1.54) is 4.90 Å². The molecule has 0 fully saturated rings. The lowest BCUT2D eigenvalue weighted by atomic mass is 10.1. The first-order chi connectivity index (χ1) is 16.4. The van der Waals surface area contributed by atoms with Crippen LogP contribution in [0.3, 0.4) is 0 Å². The first-order valence-corrected chi connectivity index (χ1v) is 11.1. The van der Waals surface area contributed by atoms with Crippen LogP contribution in [0, 0.1) is 0 Å². The van der Waals surface area contributed by atoms with Crippen LogP contribution in [0.5, 0.6) is 0 Å². The number of halogens is 1. The molecule has 1 N–H and O–H groups in total. The van der Waals surface area contributed by atoms with Crippen LogP contribution in [0.15, 0.2) is 77.8 Å². The topological polar surface area (TPSA) is 88.1 Å². The number of hydrogen-bond acceptors (Lipinski definition) is 5. The summed E-state index contributed by atoms with van der Waals surface area (Å²) >= 11 is 6.00. The fourth-order valence-electron chi connectivity index (χ4n) is 3.58. The predicted molar refractivity (Wildman–Crippen MR) is 132 cm³/mol. The zero-order chi connectivity index (χ0) is 24.1. The van der Waals surface area contributed by atoms with E-state index >= 15 is 0 Å². The Balaban J connectivity index is 1.51. The molecule has 0 atom stereocenters. The number of hydrogen-bond donors (Lipinski definition) is 1. The minimum absolute atomic E-state index is 0.0395. The van der Waals surface area contributed by atoms with Gasteiger partial charge in [-0.25, -0.2) is 4.79 Å². The van der Waals surface area contributed by atoms with Gasteiger partial charge in [-0.1, -0.05) is 35.9 Å². The summed E-state index contributed by atoms with van der Waals surface area (Å²) in [5.74, 6) is -1.04. The lowest BCUT2D eigenvalue weighted by Gasteiger charge is -2.22. The average molecular weight is 476 g/mol. The van der Waals surface area contributed by atoms with Crippen molar-refractivity contribution in [1.82, 2.24) is 0 Å². The highest BCUT2D eigenvalue weighted by Crippen LogP contribution is 2.33. The van der Waals surface area contributed by atoms with Crippen molar-refractivity contribution >= 4 is 52.2 Å². The van der Waals surface area contributed by atoms with Gasteiger partial charge in [-0.15, -0.1) is 0 Å². The molecule has 0 saturated carbocycles. The Hall–Kier alpha value is -3.97. The van der Waals surface area contributed by atoms with Crippen LogP contribution < -0.4 is 10.2 Å². The van der Waals surface area contributed by atoms with Crippen LogP contribution in [0.2, 0.25) is 5.02 Å². The van der Waals surface area contributed by atoms with Crippen LogP contribution in [0.1, 0.15) is 29.3 Å². The highest BCUT2D eigenvalue weighted by Gasteiger charge is 2.26. The first kappa shape index (κ1) is 23.2. The molecule has 0 radical (unpaired) electrons. The van der Waals surface area contributed by atoms with Gasteiger partial charge in [0.2, 0.25) is 11.8 Å². The van der Waals surface area contributed by atoms with Crippen molar-refractivity contribution in [2.45, 2.75) is 13.3 Å². The Morgan fingerprint density at radius 2 is 1.74 bits per heavy atom. The number of amides is 2. The molecular formula is C26H22ClN3O4. The molecular weight excluding hydrogens is 454 g/mol. The van der Waals surface area contributed by atoms with Crippen LogP contribution in [0.25, 0.3) is 0 Å². The van der Waals surface area contributed by atoms with Crippen molar-refractivity contribution in [3.8, 4) is 0 Å². The SMILES string of the molecule is CCOC(=O)c1ccc(NC(=O)CN2C(=O)CC(c3ccc(Cl)cc3)=Nc3ccccc32)cc1. The number of benzene rings is 3. The monoisotopic (exact) mass is 475 g/mol. The molecule has 0 spiro atoms. The van der Waals surface area contributed by atoms with E-state index in [-0.39, 0.29) is 31.4 Å². The molecule has 1 aliphatic rings. The molecule has 3 aromatic rings. The molecule has 0 unspecified atom stereocenters. The number of nitrogens with one attached hydrogen (secondary N) is 1. The number of carbonyl (C=O) groups is 3. The second-order valence-electron chi connectivity index (χ2n) is 7.56. The molecule has 2 amide bonds. The summed E-state index contributed by atoms with van der Waals surface area (Å²) in [4.78, 5) is 43.9. The van der Waals surface area contributed by atoms with Gasteiger partial charge in [0, 0.05) is 10.7 Å². The number of para-hydroxylation sites is 2. The molecule has 1 aliphatic heterocycles. The minimum Gasteiger partial charge on any atom is -0.462 e. The predicted octanol–water partition coefficient (Wildman–Crippen LogP) is 5.01. The van der Waals surface area contributed by atoms with E-state index in [0.29, 0.717) is 33.4 Å². The molecule has 172 valence electrons. The second kappa shape index (κ2) is 10.3. The van der Waals surface area contributed by atoms with Crippen molar-refractivity contribution < 1.29 is 19.1 Å². The van der Waals surface area contributed by atoms with Crippen molar-refractivity contribution in [2.24, 2.45) is 4.99 Å². The Bertz CT molecular complexity index is 1250. The standard InChI is InChI=1S/C26H22ClN3O4/c1-2-34-26(33)18-9-13-20(14-10-18)28-24(31)16-30-23-6-4-3-5-21(23)29-22(15-25(30)32)17-7-11-19(27)12-8-17/h3-14H,2,15-16H2,1H3,(H,28,31). The summed E-state index contributed by atoms with van der Waals surface area (Å²) in [6.45, 7) is 1.84. The largest absolute Gasteiger partial charge is 0.462 e. The van der Waals surface area contributed by atoms with Gasteiger partial charge in [-0.3, -0.25) is 14.6 Å². The maximum Gasteiger partial charge on any atom is 0.338 e. The molecule has 34 heavy (non-hydrogen) atoms. The summed E-state index contributed by atoms with van der Waals surface area (Å²) in [7, 11) is 0. The Morgan fingerprint density at radius 3 is 2.44 bits per heavy atom. The third-order valence-corrected chi connectivity index (χ3v) is 5.46. The van der Waals surface area contributed by atoms with Crippen LogP contribution >= 0.6 is 11.6 Å². The zero-order valence-electron chi connectivity index (χ0n) is 18.5. The molecule has 0 bridgehead atoms. The van der Waals surface area contributed by atoms with E-state index in [9.17, 15) is 14.4 Å².